The van der Waals surface area contributed by atoms with Crippen LogP contribution in [-0.2, 0) is 6.54 Å². The molecule has 0 amide bonds. The average molecular weight is 373 g/mol. The van der Waals surface area contributed by atoms with Gasteiger partial charge < -0.3 is 9.32 Å². The van der Waals surface area contributed by atoms with Crippen LogP contribution in [0.1, 0.15) is 37.3 Å². The molecule has 28 heavy (non-hydrogen) atoms. The van der Waals surface area contributed by atoms with Crippen LogP contribution in [0.2, 0.25) is 0 Å². The van der Waals surface area contributed by atoms with Gasteiger partial charge in [0, 0.05) is 19.0 Å². The minimum atomic E-state index is 0.475. The van der Waals surface area contributed by atoms with Crippen molar-refractivity contribution in [1.29, 1.82) is 0 Å². The van der Waals surface area contributed by atoms with Gasteiger partial charge in [0.15, 0.2) is 11.4 Å². The largest absolute Gasteiger partial charge is 0.439 e. The summed E-state index contributed by atoms with van der Waals surface area (Å²) in [5.41, 5.74) is 3.56. The molecule has 1 fully saturated rings. The molecule has 4 rings (SSSR count). The highest BCUT2D eigenvalue weighted by atomic mass is 16.3. The van der Waals surface area contributed by atoms with Crippen molar-refractivity contribution < 1.29 is 4.42 Å². The number of hydrogen-bond donors (Lipinski definition) is 0. The first-order chi connectivity index (χ1) is 13.7. The fourth-order valence-corrected chi connectivity index (χ4v) is 3.17. The van der Waals surface area contributed by atoms with E-state index < -0.39 is 0 Å². The maximum Gasteiger partial charge on any atom is 0.215 e. The van der Waals surface area contributed by atoms with Crippen molar-refractivity contribution in [2.75, 3.05) is 7.05 Å². The molecule has 0 radical (unpaired) electrons. The Morgan fingerprint density at radius 1 is 1.14 bits per heavy atom. The summed E-state index contributed by atoms with van der Waals surface area (Å²) < 4.78 is 5.80. The van der Waals surface area contributed by atoms with Crippen molar-refractivity contribution >= 4 is 22.6 Å². The average Bonchev–Trinajstić information content (AvgIpc) is 3.37. The summed E-state index contributed by atoms with van der Waals surface area (Å²) in [6.07, 6.45) is 6.18. The van der Waals surface area contributed by atoms with E-state index in [1.54, 1.807) is 6.20 Å². The summed E-state index contributed by atoms with van der Waals surface area (Å²) in [6, 6.07) is 13.5. The Labute approximate surface area is 164 Å². The molecule has 3 aromatic rings. The quantitative estimate of drug-likeness (QED) is 0.485. The number of benzene rings is 1. The van der Waals surface area contributed by atoms with E-state index in [2.05, 4.69) is 21.5 Å². The molecule has 6 heteroatoms. The Morgan fingerprint density at radius 3 is 2.68 bits per heavy atom. The molecule has 0 unspecified atom stereocenters. The first-order valence-electron chi connectivity index (χ1n) is 9.50. The van der Waals surface area contributed by atoms with Crippen molar-refractivity contribution in [3.63, 3.8) is 0 Å². The summed E-state index contributed by atoms with van der Waals surface area (Å²) in [4.78, 5) is 20.3. The zero-order chi connectivity index (χ0) is 19.3. The second kappa shape index (κ2) is 8.17. The number of oxazole rings is 1. The van der Waals surface area contributed by atoms with Gasteiger partial charge in [-0.2, -0.15) is 0 Å². The smallest absolute Gasteiger partial charge is 0.215 e. The Balaban J connectivity index is 1.56. The second-order valence-electron chi connectivity index (χ2n) is 6.88. The van der Waals surface area contributed by atoms with Gasteiger partial charge in [0.1, 0.15) is 17.0 Å². The lowest BCUT2D eigenvalue weighted by molar-refractivity contribution is 0.354. The van der Waals surface area contributed by atoms with E-state index in [9.17, 15) is 0 Å². The van der Waals surface area contributed by atoms with Crippen LogP contribution in [0.5, 0.6) is 0 Å². The maximum atomic E-state index is 5.80. The van der Waals surface area contributed by atoms with E-state index in [0.717, 1.165) is 29.6 Å². The molecule has 0 spiro atoms. The zero-order valence-electron chi connectivity index (χ0n) is 16.0. The second-order valence-corrected chi connectivity index (χ2v) is 6.88. The van der Waals surface area contributed by atoms with Gasteiger partial charge >= 0.3 is 0 Å². The number of aliphatic imine (C=N–C) groups is 2. The lowest BCUT2D eigenvalue weighted by Crippen LogP contribution is -2.17. The minimum absolute atomic E-state index is 0.475. The van der Waals surface area contributed by atoms with Crippen LogP contribution >= 0.6 is 0 Å². The minimum Gasteiger partial charge on any atom is -0.439 e. The van der Waals surface area contributed by atoms with Crippen molar-refractivity contribution in [3.05, 3.63) is 72.6 Å². The highest BCUT2D eigenvalue weighted by Gasteiger charge is 2.14. The molecule has 0 saturated heterocycles. The van der Waals surface area contributed by atoms with Gasteiger partial charge in [-0.15, -0.1) is 0 Å². The number of hydrogen-bond acceptors (Lipinski definition) is 5. The molecule has 1 aromatic carbocycles. The molecule has 2 heterocycles. The van der Waals surface area contributed by atoms with Crippen molar-refractivity contribution in [2.45, 2.75) is 32.2 Å². The van der Waals surface area contributed by atoms with E-state index in [4.69, 9.17) is 9.41 Å². The number of fused-ring (bicyclic) bond motifs is 1. The van der Waals surface area contributed by atoms with Crippen LogP contribution in [0.3, 0.4) is 0 Å². The summed E-state index contributed by atoms with van der Waals surface area (Å²) in [5.74, 6) is 1.82. The fourth-order valence-electron chi connectivity index (χ4n) is 3.17. The van der Waals surface area contributed by atoms with Gasteiger partial charge in [0.2, 0.25) is 5.89 Å². The Bertz CT molecular complexity index is 994. The highest BCUT2D eigenvalue weighted by Crippen LogP contribution is 2.19. The van der Waals surface area contributed by atoms with Crippen molar-refractivity contribution in [1.82, 2.24) is 14.9 Å². The molecule has 142 valence electrons. The summed E-state index contributed by atoms with van der Waals surface area (Å²) in [6.45, 7) is 4.59. The SMILES string of the molecule is C=C(/N=C(\N=C1CCCC1)c1ccccn1)N(C)Cc1nc2ccccc2o1. The molecule has 1 aliphatic carbocycles. The molecule has 0 aliphatic heterocycles. The topological polar surface area (TPSA) is 66.9 Å². The van der Waals surface area contributed by atoms with Gasteiger partial charge in [-0.25, -0.2) is 15.0 Å². The number of amidine groups is 1. The third kappa shape index (κ3) is 4.17. The molecule has 0 bridgehead atoms. The predicted molar refractivity (Wildman–Crippen MR) is 111 cm³/mol. The lowest BCUT2D eigenvalue weighted by Gasteiger charge is -2.17. The molecule has 0 N–H and O–H groups in total. The lowest BCUT2D eigenvalue weighted by atomic mass is 10.3. The number of nitrogens with zero attached hydrogens (tertiary/aromatic N) is 5. The van der Waals surface area contributed by atoms with E-state index in [1.807, 2.05) is 54.4 Å². The van der Waals surface area contributed by atoms with E-state index in [-0.39, 0.29) is 0 Å². The Hall–Kier alpha value is -3.28. The van der Waals surface area contributed by atoms with E-state index in [0.29, 0.717) is 24.1 Å². The third-order valence-corrected chi connectivity index (χ3v) is 4.72. The summed E-state index contributed by atoms with van der Waals surface area (Å²) in [5, 5.41) is 0. The van der Waals surface area contributed by atoms with Crippen LogP contribution in [0.4, 0.5) is 0 Å². The van der Waals surface area contributed by atoms with E-state index >= 15 is 0 Å². The van der Waals surface area contributed by atoms with Crippen LogP contribution < -0.4 is 0 Å². The van der Waals surface area contributed by atoms with E-state index in [1.165, 1.54) is 18.6 Å². The normalized spacial score (nSPS) is 14.5. The first kappa shape index (κ1) is 18.1. The van der Waals surface area contributed by atoms with Crippen LogP contribution in [0, 0.1) is 0 Å². The van der Waals surface area contributed by atoms with Crippen LogP contribution in [0.15, 0.2) is 75.5 Å². The maximum absolute atomic E-state index is 5.80. The molecule has 1 aliphatic rings. The Morgan fingerprint density at radius 2 is 1.93 bits per heavy atom. The van der Waals surface area contributed by atoms with Gasteiger partial charge in [0.25, 0.3) is 0 Å². The summed E-state index contributed by atoms with van der Waals surface area (Å²) >= 11 is 0. The number of rotatable bonds is 5. The number of para-hydroxylation sites is 2. The summed E-state index contributed by atoms with van der Waals surface area (Å²) in [7, 11) is 1.92. The molecule has 6 nitrogen and oxygen atoms in total. The van der Waals surface area contributed by atoms with Crippen molar-refractivity contribution in [2.24, 2.45) is 9.98 Å². The zero-order valence-corrected chi connectivity index (χ0v) is 16.0. The third-order valence-electron chi connectivity index (χ3n) is 4.72. The van der Waals surface area contributed by atoms with Gasteiger partial charge in [-0.3, -0.25) is 4.98 Å². The molecule has 1 saturated carbocycles. The first-order valence-corrected chi connectivity index (χ1v) is 9.50. The predicted octanol–water partition coefficient (Wildman–Crippen LogP) is 4.59. The number of aromatic nitrogens is 2. The van der Waals surface area contributed by atoms with Crippen LogP contribution in [-0.4, -0.2) is 33.5 Å². The highest BCUT2D eigenvalue weighted by molar-refractivity contribution is 6.06. The fraction of sp³-hybridized carbons (Fsp3) is 0.273. The molecular weight excluding hydrogens is 350 g/mol. The standard InChI is InChI=1S/C22H23N5O/c1-16(27(2)15-21-26-18-11-5-6-13-20(18)28-21)24-22(19-12-7-8-14-23-19)25-17-9-3-4-10-17/h5-8,11-14H,1,3-4,9-10,15H2,2H3/b24-22-. The molecule has 2 aromatic heterocycles. The molecular formula is C22H23N5O. The van der Waals surface area contributed by atoms with Crippen LogP contribution in [0.25, 0.3) is 11.1 Å². The number of pyridine rings is 1. The Kier molecular flexibility index (Phi) is 5.28. The van der Waals surface area contributed by atoms with Gasteiger partial charge in [-0.1, -0.05) is 24.8 Å². The monoisotopic (exact) mass is 373 g/mol. The van der Waals surface area contributed by atoms with Gasteiger partial charge in [-0.05, 0) is 49.9 Å². The van der Waals surface area contributed by atoms with Crippen molar-refractivity contribution in [3.8, 4) is 0 Å². The van der Waals surface area contributed by atoms with Gasteiger partial charge in [0.05, 0.1) is 6.54 Å². The molecule has 0 atom stereocenters.